The molecule has 0 aliphatic rings. The maximum Gasteiger partial charge on any atom is 0.125 e. The molecule has 5 heteroatoms. The van der Waals surface area contributed by atoms with Crippen molar-refractivity contribution in [3.8, 4) is 11.4 Å². The molecule has 5 nitrogen and oxygen atoms in total. The van der Waals surface area contributed by atoms with Crippen LogP contribution < -0.4 is 5.32 Å². The first-order valence-corrected chi connectivity index (χ1v) is 6.01. The Morgan fingerprint density at radius 3 is 2.68 bits per heavy atom. The van der Waals surface area contributed by atoms with Gasteiger partial charge in [0.15, 0.2) is 0 Å². The molecule has 0 saturated carbocycles. The van der Waals surface area contributed by atoms with Crippen LogP contribution in [0.15, 0.2) is 55.1 Å². The average Bonchev–Trinajstić information content (AvgIpc) is 2.96. The van der Waals surface area contributed by atoms with Gasteiger partial charge in [0.2, 0.25) is 0 Å². The molecule has 2 heterocycles. The van der Waals surface area contributed by atoms with E-state index < -0.39 is 0 Å². The number of para-hydroxylation sites is 1. The van der Waals surface area contributed by atoms with E-state index in [2.05, 4.69) is 25.3 Å². The zero-order valence-corrected chi connectivity index (χ0v) is 10.2. The smallest absolute Gasteiger partial charge is 0.125 e. The molecule has 0 unspecified atom stereocenters. The fraction of sp³-hybridized carbons (Fsp3) is 0.0714. The van der Waals surface area contributed by atoms with Gasteiger partial charge < -0.3 is 10.3 Å². The minimum absolute atomic E-state index is 0.643. The average molecular weight is 251 g/mol. The highest BCUT2D eigenvalue weighted by Gasteiger charge is 2.04. The van der Waals surface area contributed by atoms with Crippen molar-refractivity contribution >= 4 is 5.69 Å². The topological polar surface area (TPSA) is 66.5 Å². The molecular weight excluding hydrogens is 238 g/mol. The first-order valence-electron chi connectivity index (χ1n) is 6.01. The molecule has 19 heavy (non-hydrogen) atoms. The van der Waals surface area contributed by atoms with Gasteiger partial charge in [-0.05, 0) is 12.1 Å². The fourth-order valence-electron chi connectivity index (χ4n) is 1.76. The van der Waals surface area contributed by atoms with Crippen LogP contribution in [0.4, 0.5) is 5.69 Å². The molecule has 0 fully saturated rings. The van der Waals surface area contributed by atoms with E-state index in [-0.39, 0.29) is 0 Å². The number of anilines is 1. The molecule has 3 rings (SSSR count). The van der Waals surface area contributed by atoms with E-state index in [1.54, 1.807) is 24.8 Å². The highest BCUT2D eigenvalue weighted by atomic mass is 15.0. The van der Waals surface area contributed by atoms with Crippen molar-refractivity contribution in [3.63, 3.8) is 0 Å². The van der Waals surface area contributed by atoms with Gasteiger partial charge in [0, 0.05) is 18.1 Å². The lowest BCUT2D eigenvalue weighted by molar-refractivity contribution is 0.999. The molecular formula is C14H13N5. The van der Waals surface area contributed by atoms with Gasteiger partial charge in [-0.3, -0.25) is 9.97 Å². The van der Waals surface area contributed by atoms with E-state index >= 15 is 0 Å². The minimum atomic E-state index is 0.643. The Kier molecular flexibility index (Phi) is 3.18. The van der Waals surface area contributed by atoms with Crippen LogP contribution in [0.5, 0.6) is 0 Å². The van der Waals surface area contributed by atoms with Crippen LogP contribution in [-0.4, -0.2) is 19.9 Å². The number of aromatic nitrogens is 4. The summed E-state index contributed by atoms with van der Waals surface area (Å²) in [6, 6.07) is 10.0. The number of H-pyrrole nitrogens is 1. The van der Waals surface area contributed by atoms with E-state index in [1.165, 1.54) is 0 Å². The third-order valence-electron chi connectivity index (χ3n) is 2.70. The molecule has 3 aromatic rings. The molecule has 0 atom stereocenters. The molecule has 0 spiro atoms. The Balaban J connectivity index is 1.69. The van der Waals surface area contributed by atoms with Crippen molar-refractivity contribution in [1.29, 1.82) is 0 Å². The monoisotopic (exact) mass is 251 g/mol. The Morgan fingerprint density at radius 2 is 1.89 bits per heavy atom. The van der Waals surface area contributed by atoms with Gasteiger partial charge in [-0.2, -0.15) is 0 Å². The van der Waals surface area contributed by atoms with Gasteiger partial charge in [-0.15, -0.1) is 0 Å². The zero-order valence-electron chi connectivity index (χ0n) is 10.2. The van der Waals surface area contributed by atoms with Crippen molar-refractivity contribution in [2.45, 2.75) is 6.54 Å². The third kappa shape index (κ3) is 2.77. The quantitative estimate of drug-likeness (QED) is 0.747. The summed E-state index contributed by atoms with van der Waals surface area (Å²) in [5, 5.41) is 3.30. The van der Waals surface area contributed by atoms with Crippen LogP contribution in [0.3, 0.4) is 0 Å². The Morgan fingerprint density at radius 1 is 1.00 bits per heavy atom. The lowest BCUT2D eigenvalue weighted by Crippen LogP contribution is -2.00. The van der Waals surface area contributed by atoms with E-state index in [0.29, 0.717) is 6.54 Å². The third-order valence-corrected chi connectivity index (χ3v) is 2.70. The molecule has 94 valence electrons. The van der Waals surface area contributed by atoms with Gasteiger partial charge in [0.25, 0.3) is 0 Å². The second-order valence-corrected chi connectivity index (χ2v) is 4.05. The molecule has 2 N–H and O–H groups in total. The van der Waals surface area contributed by atoms with Crippen LogP contribution in [0.2, 0.25) is 0 Å². The van der Waals surface area contributed by atoms with Crippen LogP contribution in [0, 0.1) is 0 Å². The number of aromatic amines is 1. The van der Waals surface area contributed by atoms with E-state index in [4.69, 9.17) is 0 Å². The van der Waals surface area contributed by atoms with Gasteiger partial charge in [0.05, 0.1) is 24.6 Å². The lowest BCUT2D eigenvalue weighted by Gasteiger charge is -2.03. The molecule has 1 aromatic carbocycles. The summed E-state index contributed by atoms with van der Waals surface area (Å²) in [5.41, 5.74) is 2.74. The minimum Gasteiger partial charge on any atom is -0.378 e. The Bertz CT molecular complexity index is 633. The molecule has 0 aliphatic carbocycles. The number of benzene rings is 1. The molecule has 2 aromatic heterocycles. The summed E-state index contributed by atoms with van der Waals surface area (Å²) in [4.78, 5) is 15.8. The maximum atomic E-state index is 4.32. The summed E-state index contributed by atoms with van der Waals surface area (Å²) < 4.78 is 0. The van der Waals surface area contributed by atoms with Crippen LogP contribution in [0.1, 0.15) is 5.82 Å². The maximum absolute atomic E-state index is 4.32. The summed E-state index contributed by atoms with van der Waals surface area (Å²) in [5.74, 6) is 0.865. The molecule has 0 radical (unpaired) electrons. The largest absolute Gasteiger partial charge is 0.378 e. The number of nitrogens with zero attached hydrogens (tertiary/aromatic N) is 3. The highest BCUT2D eigenvalue weighted by molar-refractivity contribution is 5.51. The first-order chi connectivity index (χ1) is 9.42. The molecule has 0 amide bonds. The van der Waals surface area contributed by atoms with Crippen molar-refractivity contribution in [1.82, 2.24) is 19.9 Å². The molecule has 0 saturated heterocycles. The van der Waals surface area contributed by atoms with Gasteiger partial charge in [-0.25, -0.2) is 4.98 Å². The van der Waals surface area contributed by atoms with Crippen molar-refractivity contribution in [3.05, 3.63) is 60.9 Å². The van der Waals surface area contributed by atoms with Gasteiger partial charge in [0.1, 0.15) is 11.5 Å². The number of hydrogen-bond donors (Lipinski definition) is 2. The second kappa shape index (κ2) is 5.30. The number of imidazole rings is 1. The number of hydrogen-bond acceptors (Lipinski definition) is 4. The van der Waals surface area contributed by atoms with Gasteiger partial charge in [-0.1, -0.05) is 18.2 Å². The zero-order chi connectivity index (χ0) is 12.9. The lowest BCUT2D eigenvalue weighted by atomic mass is 10.3. The highest BCUT2D eigenvalue weighted by Crippen LogP contribution is 2.13. The Labute approximate surface area is 110 Å². The fourth-order valence-corrected chi connectivity index (χ4v) is 1.76. The van der Waals surface area contributed by atoms with Crippen LogP contribution >= 0.6 is 0 Å². The van der Waals surface area contributed by atoms with Crippen molar-refractivity contribution < 1.29 is 0 Å². The van der Waals surface area contributed by atoms with E-state index in [1.807, 2.05) is 30.3 Å². The predicted octanol–water partition coefficient (Wildman–Crippen LogP) is 2.48. The van der Waals surface area contributed by atoms with Crippen LogP contribution in [-0.2, 0) is 6.54 Å². The summed E-state index contributed by atoms with van der Waals surface area (Å²) in [6.45, 7) is 0.643. The molecule has 0 aliphatic heterocycles. The molecule has 0 bridgehead atoms. The summed E-state index contributed by atoms with van der Waals surface area (Å²) in [7, 11) is 0. The first kappa shape index (κ1) is 11.4. The van der Waals surface area contributed by atoms with Crippen LogP contribution in [0.25, 0.3) is 11.4 Å². The van der Waals surface area contributed by atoms with Crippen molar-refractivity contribution in [2.24, 2.45) is 0 Å². The number of rotatable bonds is 4. The Hall–Kier alpha value is -2.69. The van der Waals surface area contributed by atoms with Gasteiger partial charge >= 0.3 is 0 Å². The normalized spacial score (nSPS) is 10.3. The predicted molar refractivity (Wildman–Crippen MR) is 73.4 cm³/mol. The second-order valence-electron chi connectivity index (χ2n) is 4.05. The standard InChI is InChI=1S/C14H13N5/c1-2-4-11(5-3-1)17-10-14-18-9-13(19-14)12-8-15-6-7-16-12/h1-9,17H,10H2,(H,18,19). The number of nitrogens with one attached hydrogen (secondary N) is 2. The van der Waals surface area contributed by atoms with E-state index in [0.717, 1.165) is 22.9 Å². The van der Waals surface area contributed by atoms with Crippen molar-refractivity contribution in [2.75, 3.05) is 5.32 Å². The summed E-state index contributed by atoms with van der Waals surface area (Å²) in [6.07, 6.45) is 6.80. The SMILES string of the molecule is c1ccc(NCc2ncc(-c3cnccn3)[nH]2)cc1. The summed E-state index contributed by atoms with van der Waals surface area (Å²) >= 11 is 0. The van der Waals surface area contributed by atoms with E-state index in [9.17, 15) is 0 Å².